The van der Waals surface area contributed by atoms with Crippen LogP contribution < -0.4 is 9.47 Å². The number of methoxy groups -OCH3 is 1. The number of benzene rings is 2. The molecule has 2 aromatic carbocycles. The minimum Gasteiger partial charge on any atom is -0.710 e. The Morgan fingerprint density at radius 2 is 1.79 bits per heavy atom. The van der Waals surface area contributed by atoms with Gasteiger partial charge in [0.1, 0.15) is 11.3 Å². The van der Waals surface area contributed by atoms with E-state index >= 15 is 0 Å². The van der Waals surface area contributed by atoms with Crippen LogP contribution in [0.1, 0.15) is 0 Å². The molecule has 1 aromatic heterocycles. The molecule has 4 nitrogen and oxygen atoms in total. The molecule has 0 amide bonds. The molecule has 0 unspecified atom stereocenters. The third kappa shape index (κ3) is 1.97. The second kappa shape index (κ2) is 4.57. The van der Waals surface area contributed by atoms with Crippen molar-refractivity contribution >= 4 is 10.9 Å². The summed E-state index contributed by atoms with van der Waals surface area (Å²) in [5, 5.41) is 13.1. The van der Waals surface area contributed by atoms with Gasteiger partial charge in [-0.25, -0.2) is 4.73 Å². The van der Waals surface area contributed by atoms with Crippen LogP contribution in [0.5, 0.6) is 5.75 Å². The van der Waals surface area contributed by atoms with Gasteiger partial charge in [-0.3, -0.25) is 0 Å². The number of ether oxygens (including phenoxy) is 1. The van der Waals surface area contributed by atoms with Crippen LogP contribution in [-0.2, 0) is 0 Å². The maximum Gasteiger partial charge on any atom is 0.333 e. The summed E-state index contributed by atoms with van der Waals surface area (Å²) >= 11 is 0. The minimum absolute atomic E-state index is 0.390. The Morgan fingerprint density at radius 3 is 2.53 bits per heavy atom. The Labute approximate surface area is 110 Å². The fourth-order valence-corrected chi connectivity index (χ4v) is 2.01. The first kappa shape index (κ1) is 11.5. The maximum atomic E-state index is 12.3. The summed E-state index contributed by atoms with van der Waals surface area (Å²) in [5.74, 6) is 1.14. The third-order valence-corrected chi connectivity index (χ3v) is 3.02. The average molecular weight is 252 g/mol. The predicted octanol–water partition coefficient (Wildman–Crippen LogP) is 2.54. The highest BCUT2D eigenvalue weighted by atomic mass is 16.5. The lowest BCUT2D eigenvalue weighted by molar-refractivity contribution is -0.568. The van der Waals surface area contributed by atoms with Crippen LogP contribution in [0.4, 0.5) is 0 Å². The number of hydrogen-bond donors (Lipinski definition) is 0. The Kier molecular flexibility index (Phi) is 2.76. The molecule has 0 aliphatic rings. The Balaban J connectivity index is 2.16. The number of fused-ring (bicyclic) bond motifs is 1. The van der Waals surface area contributed by atoms with E-state index in [1.165, 1.54) is 0 Å². The fourth-order valence-electron chi connectivity index (χ4n) is 2.01. The number of aromatic nitrogens is 2. The molecule has 0 spiro atoms. The van der Waals surface area contributed by atoms with Gasteiger partial charge in [0.15, 0.2) is 6.20 Å². The van der Waals surface area contributed by atoms with Crippen molar-refractivity contribution in [1.82, 2.24) is 4.98 Å². The van der Waals surface area contributed by atoms with E-state index in [0.29, 0.717) is 11.3 Å². The van der Waals surface area contributed by atoms with E-state index < -0.39 is 0 Å². The third-order valence-electron chi connectivity index (χ3n) is 3.02. The first-order chi connectivity index (χ1) is 9.29. The lowest BCUT2D eigenvalue weighted by Crippen LogP contribution is -2.31. The lowest BCUT2D eigenvalue weighted by Gasteiger charge is -2.09. The Morgan fingerprint density at radius 1 is 1.05 bits per heavy atom. The van der Waals surface area contributed by atoms with E-state index in [0.717, 1.165) is 21.4 Å². The summed E-state index contributed by atoms with van der Waals surface area (Å²) in [6.07, 6.45) is 1.71. The lowest BCUT2D eigenvalue weighted by atomic mass is 10.2. The van der Waals surface area contributed by atoms with Crippen molar-refractivity contribution in [3.8, 4) is 17.1 Å². The van der Waals surface area contributed by atoms with Gasteiger partial charge in [0.25, 0.3) is 0 Å². The van der Waals surface area contributed by atoms with Crippen molar-refractivity contribution in [2.45, 2.75) is 0 Å². The highest BCUT2D eigenvalue weighted by Crippen LogP contribution is 2.19. The molecule has 0 saturated heterocycles. The van der Waals surface area contributed by atoms with Gasteiger partial charge in [0, 0.05) is 0 Å². The van der Waals surface area contributed by atoms with Gasteiger partial charge in [-0.15, -0.1) is 0 Å². The zero-order chi connectivity index (χ0) is 13.2. The first-order valence-electron chi connectivity index (χ1n) is 5.91. The Hall–Kier alpha value is -2.62. The normalized spacial score (nSPS) is 10.6. The van der Waals surface area contributed by atoms with Crippen LogP contribution in [0.25, 0.3) is 22.3 Å². The van der Waals surface area contributed by atoms with Crippen LogP contribution in [0.15, 0.2) is 54.7 Å². The monoisotopic (exact) mass is 252 g/mol. The Bertz CT molecular complexity index is 724. The molecule has 3 rings (SSSR count). The predicted molar refractivity (Wildman–Crippen MR) is 72.7 cm³/mol. The molecule has 0 saturated carbocycles. The van der Waals surface area contributed by atoms with Crippen LogP contribution in [-0.4, -0.2) is 12.1 Å². The zero-order valence-corrected chi connectivity index (χ0v) is 10.4. The topological polar surface area (TPSA) is 49.1 Å². The molecule has 0 atom stereocenters. The summed E-state index contributed by atoms with van der Waals surface area (Å²) < 4.78 is 5.96. The molecule has 94 valence electrons. The number of nitrogens with zero attached hydrogens (tertiary/aromatic N) is 2. The molecular formula is C15H12N2O2. The largest absolute Gasteiger partial charge is 0.710 e. The van der Waals surface area contributed by atoms with Crippen molar-refractivity contribution in [3.05, 3.63) is 59.9 Å². The summed E-state index contributed by atoms with van der Waals surface area (Å²) in [7, 11) is 1.61. The highest BCUT2D eigenvalue weighted by Gasteiger charge is 2.13. The van der Waals surface area contributed by atoms with Gasteiger partial charge < -0.3 is 9.94 Å². The van der Waals surface area contributed by atoms with Crippen molar-refractivity contribution < 1.29 is 9.47 Å². The van der Waals surface area contributed by atoms with Crippen molar-refractivity contribution in [1.29, 1.82) is 0 Å². The van der Waals surface area contributed by atoms with Crippen molar-refractivity contribution in [3.63, 3.8) is 0 Å². The fraction of sp³-hybridized carbons (Fsp3) is 0.0667. The van der Waals surface area contributed by atoms with Gasteiger partial charge in [0.2, 0.25) is 0 Å². The second-order valence-corrected chi connectivity index (χ2v) is 4.16. The minimum atomic E-state index is 0.390. The molecular weight excluding hydrogens is 240 g/mol. The van der Waals surface area contributed by atoms with E-state index in [2.05, 4.69) is 4.98 Å². The zero-order valence-electron chi connectivity index (χ0n) is 10.4. The highest BCUT2D eigenvalue weighted by molar-refractivity contribution is 5.75. The molecule has 0 aliphatic heterocycles. The molecule has 0 bridgehead atoms. The summed E-state index contributed by atoms with van der Waals surface area (Å²) in [6.45, 7) is 0. The van der Waals surface area contributed by atoms with E-state index in [-0.39, 0.29) is 0 Å². The van der Waals surface area contributed by atoms with Gasteiger partial charge >= 0.3 is 5.82 Å². The molecule has 0 aliphatic carbocycles. The van der Waals surface area contributed by atoms with Crippen LogP contribution in [0, 0.1) is 5.21 Å². The number of hydrogen-bond acceptors (Lipinski definition) is 3. The molecule has 0 N–H and O–H groups in total. The summed E-state index contributed by atoms with van der Waals surface area (Å²) in [5.41, 5.74) is 1.38. The van der Waals surface area contributed by atoms with Crippen LogP contribution in [0.3, 0.4) is 0 Å². The summed E-state index contributed by atoms with van der Waals surface area (Å²) in [6, 6.07) is 14.7. The maximum absolute atomic E-state index is 12.3. The molecule has 1 heterocycles. The van der Waals surface area contributed by atoms with Crippen LogP contribution in [0.2, 0.25) is 0 Å². The van der Waals surface area contributed by atoms with Crippen molar-refractivity contribution in [2.24, 2.45) is 0 Å². The van der Waals surface area contributed by atoms with E-state index in [1.807, 2.05) is 42.5 Å². The smallest absolute Gasteiger partial charge is 0.333 e. The molecule has 0 radical (unpaired) electrons. The molecule has 0 fully saturated rings. The quantitative estimate of drug-likeness (QED) is 0.520. The average Bonchev–Trinajstić information content (AvgIpc) is 2.48. The van der Waals surface area contributed by atoms with Gasteiger partial charge in [-0.1, -0.05) is 12.1 Å². The summed E-state index contributed by atoms with van der Waals surface area (Å²) in [4.78, 5) is 4.24. The van der Waals surface area contributed by atoms with E-state index in [1.54, 1.807) is 19.4 Å². The standard InChI is InChI=1S/C15H12N2O2/c1-19-13-8-6-11(7-9-13)15-16-10-12-4-2-3-5-14(12)17(15)18/h2-10H,1H3. The molecule has 4 heteroatoms. The van der Waals surface area contributed by atoms with Crippen LogP contribution >= 0.6 is 0 Å². The van der Waals surface area contributed by atoms with Gasteiger partial charge in [0.05, 0.1) is 18.1 Å². The second-order valence-electron chi connectivity index (χ2n) is 4.16. The van der Waals surface area contributed by atoms with E-state index in [4.69, 9.17) is 4.74 Å². The van der Waals surface area contributed by atoms with E-state index in [9.17, 15) is 5.21 Å². The SMILES string of the molecule is COc1ccc(-c2ncc3ccccc3[n+]2[O-])cc1. The van der Waals surface area contributed by atoms with Crippen molar-refractivity contribution in [2.75, 3.05) is 7.11 Å². The molecule has 3 aromatic rings. The number of rotatable bonds is 2. The number of para-hydroxylation sites is 1. The van der Waals surface area contributed by atoms with Gasteiger partial charge in [-0.05, 0) is 41.4 Å². The molecule has 19 heavy (non-hydrogen) atoms. The van der Waals surface area contributed by atoms with Gasteiger partial charge in [-0.2, -0.15) is 0 Å². The first-order valence-corrected chi connectivity index (χ1v) is 5.91.